The standard InChI is InChI=1S/C15H20N4/c1-19-9-7-11(18-19)6-8-17-15-10-14(16)12-4-2-3-5-13(12)15/h2-5,7,9,14-15,17H,6,8,10,16H2,1H3. The smallest absolute Gasteiger partial charge is 0.0637 e. The minimum Gasteiger partial charge on any atom is -0.324 e. The first kappa shape index (κ1) is 12.4. The summed E-state index contributed by atoms with van der Waals surface area (Å²) in [5.74, 6) is 0. The van der Waals surface area contributed by atoms with Crippen LogP contribution in [-0.4, -0.2) is 16.3 Å². The predicted molar refractivity (Wildman–Crippen MR) is 75.6 cm³/mol. The van der Waals surface area contributed by atoms with E-state index >= 15 is 0 Å². The molecule has 1 aliphatic carbocycles. The van der Waals surface area contributed by atoms with Gasteiger partial charge in [-0.1, -0.05) is 24.3 Å². The number of hydrogen-bond acceptors (Lipinski definition) is 3. The van der Waals surface area contributed by atoms with Crippen LogP contribution in [0.1, 0.15) is 35.3 Å². The lowest BCUT2D eigenvalue weighted by molar-refractivity contribution is 0.500. The van der Waals surface area contributed by atoms with Crippen LogP contribution >= 0.6 is 0 Å². The lowest BCUT2D eigenvalue weighted by atomic mass is 10.1. The van der Waals surface area contributed by atoms with Crippen LogP contribution in [0.2, 0.25) is 0 Å². The van der Waals surface area contributed by atoms with E-state index in [-0.39, 0.29) is 6.04 Å². The Kier molecular flexibility index (Phi) is 3.36. The van der Waals surface area contributed by atoms with Crippen molar-refractivity contribution in [1.82, 2.24) is 15.1 Å². The second-order valence-electron chi connectivity index (χ2n) is 5.21. The van der Waals surface area contributed by atoms with Crippen LogP contribution in [0.3, 0.4) is 0 Å². The number of aryl methyl sites for hydroxylation is 1. The average molecular weight is 256 g/mol. The normalized spacial score (nSPS) is 21.6. The Labute approximate surface area is 113 Å². The molecule has 2 unspecified atom stereocenters. The van der Waals surface area contributed by atoms with E-state index in [1.54, 1.807) is 0 Å². The molecular weight excluding hydrogens is 236 g/mol. The van der Waals surface area contributed by atoms with Gasteiger partial charge in [-0.05, 0) is 23.6 Å². The van der Waals surface area contributed by atoms with Crippen LogP contribution in [0.15, 0.2) is 36.5 Å². The van der Waals surface area contributed by atoms with E-state index < -0.39 is 0 Å². The largest absolute Gasteiger partial charge is 0.324 e. The van der Waals surface area contributed by atoms with Crippen molar-refractivity contribution < 1.29 is 0 Å². The molecule has 0 fully saturated rings. The Morgan fingerprint density at radius 3 is 2.84 bits per heavy atom. The van der Waals surface area contributed by atoms with Crippen molar-refractivity contribution in [3.63, 3.8) is 0 Å². The monoisotopic (exact) mass is 256 g/mol. The molecule has 4 nitrogen and oxygen atoms in total. The molecule has 0 radical (unpaired) electrons. The molecule has 0 saturated heterocycles. The van der Waals surface area contributed by atoms with Gasteiger partial charge < -0.3 is 11.1 Å². The number of benzene rings is 1. The number of hydrogen-bond donors (Lipinski definition) is 2. The molecule has 0 amide bonds. The molecule has 19 heavy (non-hydrogen) atoms. The van der Waals surface area contributed by atoms with Crippen molar-refractivity contribution in [2.75, 3.05) is 6.54 Å². The Bertz CT molecular complexity index is 561. The van der Waals surface area contributed by atoms with E-state index in [1.165, 1.54) is 11.1 Å². The molecule has 1 aromatic heterocycles. The van der Waals surface area contributed by atoms with Crippen molar-refractivity contribution in [3.8, 4) is 0 Å². The quantitative estimate of drug-likeness (QED) is 0.875. The number of fused-ring (bicyclic) bond motifs is 1. The summed E-state index contributed by atoms with van der Waals surface area (Å²) in [5, 5.41) is 7.98. The molecule has 1 aliphatic rings. The Hall–Kier alpha value is -1.65. The van der Waals surface area contributed by atoms with Gasteiger partial charge in [0, 0.05) is 38.3 Å². The first-order valence-electron chi connectivity index (χ1n) is 6.80. The van der Waals surface area contributed by atoms with Gasteiger partial charge >= 0.3 is 0 Å². The van der Waals surface area contributed by atoms with Crippen molar-refractivity contribution in [2.24, 2.45) is 12.8 Å². The van der Waals surface area contributed by atoms with Gasteiger partial charge in [0.15, 0.2) is 0 Å². The van der Waals surface area contributed by atoms with Crippen LogP contribution in [0.4, 0.5) is 0 Å². The summed E-state index contributed by atoms with van der Waals surface area (Å²) in [4.78, 5) is 0. The predicted octanol–water partition coefficient (Wildman–Crippen LogP) is 1.70. The van der Waals surface area contributed by atoms with Crippen molar-refractivity contribution in [2.45, 2.75) is 24.9 Å². The van der Waals surface area contributed by atoms with E-state index in [0.29, 0.717) is 6.04 Å². The molecule has 1 heterocycles. The van der Waals surface area contributed by atoms with Crippen LogP contribution in [-0.2, 0) is 13.5 Å². The first-order valence-corrected chi connectivity index (χ1v) is 6.80. The van der Waals surface area contributed by atoms with Crippen molar-refractivity contribution in [1.29, 1.82) is 0 Å². The molecule has 0 bridgehead atoms. The summed E-state index contributed by atoms with van der Waals surface area (Å²) in [6.07, 6.45) is 3.92. The van der Waals surface area contributed by atoms with E-state index in [2.05, 4.69) is 40.7 Å². The molecule has 100 valence electrons. The molecule has 0 aliphatic heterocycles. The molecular formula is C15H20N4. The molecule has 1 aromatic carbocycles. The molecule has 2 atom stereocenters. The highest BCUT2D eigenvalue weighted by atomic mass is 15.2. The Morgan fingerprint density at radius 2 is 2.11 bits per heavy atom. The molecule has 0 saturated carbocycles. The number of aromatic nitrogens is 2. The zero-order valence-electron chi connectivity index (χ0n) is 11.2. The molecule has 3 rings (SSSR count). The van der Waals surface area contributed by atoms with Gasteiger partial charge in [0.25, 0.3) is 0 Å². The van der Waals surface area contributed by atoms with Crippen LogP contribution in [0.25, 0.3) is 0 Å². The summed E-state index contributed by atoms with van der Waals surface area (Å²) in [6, 6.07) is 11.1. The van der Waals surface area contributed by atoms with Gasteiger partial charge in [-0.3, -0.25) is 4.68 Å². The lowest BCUT2D eigenvalue weighted by Crippen LogP contribution is -2.22. The van der Waals surface area contributed by atoms with Gasteiger partial charge in [-0.2, -0.15) is 5.10 Å². The maximum absolute atomic E-state index is 6.17. The minimum atomic E-state index is 0.170. The topological polar surface area (TPSA) is 55.9 Å². The van der Waals surface area contributed by atoms with Gasteiger partial charge in [-0.25, -0.2) is 0 Å². The van der Waals surface area contributed by atoms with E-state index in [1.807, 2.05) is 17.9 Å². The third kappa shape index (κ3) is 2.55. The summed E-state index contributed by atoms with van der Waals surface area (Å²) in [5.41, 5.74) is 9.94. The average Bonchev–Trinajstić information content (AvgIpc) is 2.96. The Morgan fingerprint density at radius 1 is 1.32 bits per heavy atom. The highest BCUT2D eigenvalue weighted by Crippen LogP contribution is 2.36. The second kappa shape index (κ2) is 5.15. The maximum Gasteiger partial charge on any atom is 0.0637 e. The fourth-order valence-corrected chi connectivity index (χ4v) is 2.84. The fraction of sp³-hybridized carbons (Fsp3) is 0.400. The van der Waals surface area contributed by atoms with Crippen LogP contribution in [0.5, 0.6) is 0 Å². The number of rotatable bonds is 4. The summed E-state index contributed by atoms with van der Waals surface area (Å²) >= 11 is 0. The molecule has 2 aromatic rings. The van der Waals surface area contributed by atoms with Gasteiger partial charge in [0.05, 0.1) is 5.69 Å². The van der Waals surface area contributed by atoms with Crippen LogP contribution < -0.4 is 11.1 Å². The van der Waals surface area contributed by atoms with Gasteiger partial charge in [0.2, 0.25) is 0 Å². The highest BCUT2D eigenvalue weighted by Gasteiger charge is 2.27. The van der Waals surface area contributed by atoms with E-state index in [9.17, 15) is 0 Å². The second-order valence-corrected chi connectivity index (χ2v) is 5.21. The number of nitrogens with one attached hydrogen (secondary N) is 1. The zero-order chi connectivity index (χ0) is 13.2. The van der Waals surface area contributed by atoms with E-state index in [0.717, 1.165) is 25.1 Å². The SMILES string of the molecule is Cn1ccc(CCNC2CC(N)c3ccccc32)n1. The fourth-order valence-electron chi connectivity index (χ4n) is 2.84. The van der Waals surface area contributed by atoms with Crippen molar-refractivity contribution in [3.05, 3.63) is 53.3 Å². The zero-order valence-corrected chi connectivity index (χ0v) is 11.2. The van der Waals surface area contributed by atoms with Crippen LogP contribution in [0, 0.1) is 0 Å². The molecule has 3 N–H and O–H groups in total. The van der Waals surface area contributed by atoms with Crippen molar-refractivity contribution >= 4 is 0 Å². The third-order valence-electron chi connectivity index (χ3n) is 3.80. The van der Waals surface area contributed by atoms with Gasteiger partial charge in [0.1, 0.15) is 0 Å². The lowest BCUT2D eigenvalue weighted by Gasteiger charge is -2.13. The Balaban J connectivity index is 1.60. The third-order valence-corrected chi connectivity index (χ3v) is 3.80. The first-order chi connectivity index (χ1) is 9.24. The minimum absolute atomic E-state index is 0.170. The molecule has 4 heteroatoms. The molecule has 0 spiro atoms. The highest BCUT2D eigenvalue weighted by molar-refractivity contribution is 5.37. The maximum atomic E-state index is 6.17. The van der Waals surface area contributed by atoms with E-state index in [4.69, 9.17) is 5.73 Å². The number of nitrogens with two attached hydrogens (primary N) is 1. The van der Waals surface area contributed by atoms with Gasteiger partial charge in [-0.15, -0.1) is 0 Å². The summed E-state index contributed by atoms with van der Waals surface area (Å²) < 4.78 is 1.84. The summed E-state index contributed by atoms with van der Waals surface area (Å²) in [7, 11) is 1.95. The number of nitrogens with zero attached hydrogens (tertiary/aromatic N) is 2. The summed E-state index contributed by atoms with van der Waals surface area (Å²) in [6.45, 7) is 0.933.